The highest BCUT2D eigenvalue weighted by molar-refractivity contribution is 5.17. The largest absolute Gasteiger partial charge is 0.463 e. The number of aryl methyl sites for hydroxylation is 1. The van der Waals surface area contributed by atoms with Crippen molar-refractivity contribution >= 4 is 0 Å². The average Bonchev–Trinajstić information content (AvgIpc) is 2.87. The predicted octanol–water partition coefficient (Wildman–Crippen LogP) is 2.15. The van der Waals surface area contributed by atoms with Crippen molar-refractivity contribution in [3.8, 4) is 6.01 Å². The van der Waals surface area contributed by atoms with Crippen LogP contribution >= 0.6 is 0 Å². The Hall–Kier alpha value is -1.20. The molecule has 5 heteroatoms. The van der Waals surface area contributed by atoms with Gasteiger partial charge >= 0.3 is 6.01 Å². The molecule has 0 spiro atoms. The van der Waals surface area contributed by atoms with Crippen LogP contribution in [0.15, 0.2) is 6.20 Å². The van der Waals surface area contributed by atoms with Crippen LogP contribution < -0.4 is 10.1 Å². The molecule has 0 bridgehead atoms. The molecule has 1 saturated heterocycles. The van der Waals surface area contributed by atoms with Gasteiger partial charge in [-0.1, -0.05) is 6.92 Å². The predicted molar refractivity (Wildman–Crippen MR) is 84.5 cm³/mol. The maximum Gasteiger partial charge on any atom is 0.316 e. The molecule has 2 rings (SSSR count). The fourth-order valence-corrected chi connectivity index (χ4v) is 2.74. The van der Waals surface area contributed by atoms with Gasteiger partial charge in [-0.25, -0.2) is 9.97 Å². The first-order valence-electron chi connectivity index (χ1n) is 8.07. The van der Waals surface area contributed by atoms with E-state index in [1.807, 2.05) is 13.1 Å². The quantitative estimate of drug-likeness (QED) is 0.744. The van der Waals surface area contributed by atoms with Gasteiger partial charge in [0, 0.05) is 30.0 Å². The van der Waals surface area contributed by atoms with E-state index in [-0.39, 0.29) is 0 Å². The van der Waals surface area contributed by atoms with Crippen molar-refractivity contribution in [3.63, 3.8) is 0 Å². The van der Waals surface area contributed by atoms with Crippen LogP contribution in [0, 0.1) is 6.92 Å². The van der Waals surface area contributed by atoms with Gasteiger partial charge in [-0.15, -0.1) is 0 Å². The molecule has 1 aromatic rings. The molecule has 0 aliphatic carbocycles. The monoisotopic (exact) mass is 292 g/mol. The second kappa shape index (κ2) is 8.29. The number of hydrogen-bond donors (Lipinski definition) is 1. The summed E-state index contributed by atoms with van der Waals surface area (Å²) < 4.78 is 5.71. The molecule has 0 saturated carbocycles. The average molecular weight is 292 g/mol. The van der Waals surface area contributed by atoms with E-state index in [1.54, 1.807) is 0 Å². The van der Waals surface area contributed by atoms with E-state index >= 15 is 0 Å². The van der Waals surface area contributed by atoms with E-state index in [9.17, 15) is 0 Å². The number of hydrogen-bond acceptors (Lipinski definition) is 5. The van der Waals surface area contributed by atoms with Crippen LogP contribution in [0.4, 0.5) is 0 Å². The Morgan fingerprint density at radius 1 is 1.48 bits per heavy atom. The molecule has 0 aromatic carbocycles. The molecule has 1 aliphatic heterocycles. The minimum atomic E-state index is 0.507. The van der Waals surface area contributed by atoms with E-state index in [4.69, 9.17) is 4.74 Å². The van der Waals surface area contributed by atoms with E-state index in [2.05, 4.69) is 34.2 Å². The van der Waals surface area contributed by atoms with Gasteiger partial charge < -0.3 is 15.0 Å². The molecule has 5 nitrogen and oxygen atoms in total. The van der Waals surface area contributed by atoms with Gasteiger partial charge in [0.05, 0.1) is 6.61 Å². The lowest BCUT2D eigenvalue weighted by Gasteiger charge is -2.18. The van der Waals surface area contributed by atoms with E-state index in [0.29, 0.717) is 18.7 Å². The van der Waals surface area contributed by atoms with E-state index in [1.165, 1.54) is 19.4 Å². The Bertz CT molecular complexity index is 438. The molecule has 1 unspecified atom stereocenters. The van der Waals surface area contributed by atoms with Crippen LogP contribution in [0.3, 0.4) is 0 Å². The maximum absolute atomic E-state index is 5.71. The number of ether oxygens (including phenoxy) is 1. The van der Waals surface area contributed by atoms with Crippen LogP contribution in [-0.4, -0.2) is 47.7 Å². The maximum atomic E-state index is 5.71. The summed E-state index contributed by atoms with van der Waals surface area (Å²) in [5.74, 6) is 0. The van der Waals surface area contributed by atoms with Gasteiger partial charge in [-0.2, -0.15) is 0 Å². The highest BCUT2D eigenvalue weighted by Crippen LogP contribution is 2.18. The SMILES string of the molecule is CCCNCc1cnc(OCCC2CCCN2C)nc1C. The number of likely N-dealkylation sites (tertiary alicyclic amines) is 1. The summed E-state index contributed by atoms with van der Waals surface area (Å²) in [6.45, 7) is 7.93. The minimum Gasteiger partial charge on any atom is -0.463 e. The number of nitrogens with one attached hydrogen (secondary N) is 1. The first-order chi connectivity index (χ1) is 10.2. The normalized spacial score (nSPS) is 19.1. The molecule has 0 radical (unpaired) electrons. The van der Waals surface area contributed by atoms with Crippen molar-refractivity contribution < 1.29 is 4.74 Å². The first kappa shape index (κ1) is 16.2. The third-order valence-electron chi connectivity index (χ3n) is 4.15. The van der Waals surface area contributed by atoms with Gasteiger partial charge in [0.15, 0.2) is 0 Å². The Labute approximate surface area is 128 Å². The Morgan fingerprint density at radius 3 is 3.00 bits per heavy atom. The molecule has 1 fully saturated rings. The molecule has 1 aliphatic rings. The lowest BCUT2D eigenvalue weighted by molar-refractivity contribution is 0.222. The lowest BCUT2D eigenvalue weighted by atomic mass is 10.1. The summed E-state index contributed by atoms with van der Waals surface area (Å²) in [5.41, 5.74) is 2.15. The van der Waals surface area contributed by atoms with Gasteiger partial charge in [0.1, 0.15) is 0 Å². The van der Waals surface area contributed by atoms with Gasteiger partial charge in [-0.3, -0.25) is 0 Å². The highest BCUT2D eigenvalue weighted by atomic mass is 16.5. The fraction of sp³-hybridized carbons (Fsp3) is 0.750. The second-order valence-corrected chi connectivity index (χ2v) is 5.85. The minimum absolute atomic E-state index is 0.507. The Morgan fingerprint density at radius 2 is 2.33 bits per heavy atom. The molecular formula is C16H28N4O. The van der Waals surface area contributed by atoms with Gasteiger partial charge in [0.2, 0.25) is 0 Å². The molecule has 1 aromatic heterocycles. The van der Waals surface area contributed by atoms with E-state index in [0.717, 1.165) is 37.2 Å². The second-order valence-electron chi connectivity index (χ2n) is 5.85. The molecule has 21 heavy (non-hydrogen) atoms. The molecule has 118 valence electrons. The zero-order valence-electron chi connectivity index (χ0n) is 13.6. The number of rotatable bonds is 8. The third-order valence-corrected chi connectivity index (χ3v) is 4.15. The molecule has 0 amide bonds. The van der Waals surface area contributed by atoms with Crippen molar-refractivity contribution in [3.05, 3.63) is 17.5 Å². The van der Waals surface area contributed by atoms with E-state index < -0.39 is 0 Å². The standard InChI is InChI=1S/C16H28N4O/c1-4-8-17-11-14-12-18-16(19-13(14)2)21-10-7-15-6-5-9-20(15)3/h12,15,17H,4-11H2,1-3H3. The summed E-state index contributed by atoms with van der Waals surface area (Å²) in [6.07, 6.45) is 6.65. The Kier molecular flexibility index (Phi) is 6.39. The summed E-state index contributed by atoms with van der Waals surface area (Å²) in [6, 6.07) is 1.16. The van der Waals surface area contributed by atoms with Crippen LogP contribution in [0.25, 0.3) is 0 Å². The summed E-state index contributed by atoms with van der Waals surface area (Å²) >= 11 is 0. The van der Waals surface area contributed by atoms with Crippen LogP contribution in [0.5, 0.6) is 6.01 Å². The topological polar surface area (TPSA) is 50.3 Å². The smallest absolute Gasteiger partial charge is 0.316 e. The van der Waals surface area contributed by atoms with Crippen molar-refractivity contribution in [1.29, 1.82) is 0 Å². The van der Waals surface area contributed by atoms with Crippen LogP contribution in [0.2, 0.25) is 0 Å². The lowest BCUT2D eigenvalue weighted by Crippen LogP contribution is -2.26. The van der Waals surface area contributed by atoms with Crippen LogP contribution in [0.1, 0.15) is 43.9 Å². The fourth-order valence-electron chi connectivity index (χ4n) is 2.74. The molecule has 2 heterocycles. The Balaban J connectivity index is 1.77. The molecule has 1 atom stereocenters. The number of nitrogens with zero attached hydrogens (tertiary/aromatic N) is 3. The number of aromatic nitrogens is 2. The van der Waals surface area contributed by atoms with Gasteiger partial charge in [-0.05, 0) is 52.7 Å². The molecule has 1 N–H and O–H groups in total. The first-order valence-corrected chi connectivity index (χ1v) is 8.07. The summed E-state index contributed by atoms with van der Waals surface area (Å²) in [7, 11) is 2.19. The van der Waals surface area contributed by atoms with Gasteiger partial charge in [0.25, 0.3) is 0 Å². The zero-order chi connectivity index (χ0) is 15.1. The van der Waals surface area contributed by atoms with Crippen LogP contribution in [-0.2, 0) is 6.54 Å². The van der Waals surface area contributed by atoms with Crippen molar-refractivity contribution in [2.24, 2.45) is 0 Å². The summed E-state index contributed by atoms with van der Waals surface area (Å²) in [5, 5.41) is 3.37. The molecular weight excluding hydrogens is 264 g/mol. The van der Waals surface area contributed by atoms with Crippen molar-refractivity contribution in [2.75, 3.05) is 26.7 Å². The van der Waals surface area contributed by atoms with Crippen molar-refractivity contribution in [1.82, 2.24) is 20.2 Å². The van der Waals surface area contributed by atoms with Crippen molar-refractivity contribution in [2.45, 2.75) is 52.1 Å². The third kappa shape index (κ3) is 4.93. The highest BCUT2D eigenvalue weighted by Gasteiger charge is 2.20. The summed E-state index contributed by atoms with van der Waals surface area (Å²) in [4.78, 5) is 11.2. The zero-order valence-corrected chi connectivity index (χ0v) is 13.6.